The van der Waals surface area contributed by atoms with Gasteiger partial charge in [-0.2, -0.15) is 0 Å². The lowest BCUT2D eigenvalue weighted by molar-refractivity contribution is -0.122. The van der Waals surface area contributed by atoms with Gasteiger partial charge in [-0.15, -0.1) is 0 Å². The van der Waals surface area contributed by atoms with Crippen LogP contribution >= 0.6 is 28.1 Å². The highest BCUT2D eigenvalue weighted by molar-refractivity contribution is 9.10. The standard InChI is InChI=1S/C23H17BrN2O3S/c1-13-3-9-19(14(2)11-13)26-22(28)18(21(27)25-23(26)30)12-17-8-10-20(29-17)15-4-6-16(24)7-5-15/h3-12H,1-2H3,(H,25,27,30)/b18-12-. The molecule has 7 heteroatoms. The Kier molecular flexibility index (Phi) is 5.40. The monoisotopic (exact) mass is 480 g/mol. The van der Waals surface area contributed by atoms with Crippen LogP contribution in [0.4, 0.5) is 5.69 Å². The highest BCUT2D eigenvalue weighted by Crippen LogP contribution is 2.28. The van der Waals surface area contributed by atoms with E-state index in [0.717, 1.165) is 21.2 Å². The Labute approximate surface area is 187 Å². The molecular formula is C23H17BrN2O3S. The summed E-state index contributed by atoms with van der Waals surface area (Å²) in [6, 6.07) is 16.9. The summed E-state index contributed by atoms with van der Waals surface area (Å²) in [6.07, 6.45) is 1.44. The molecule has 150 valence electrons. The van der Waals surface area contributed by atoms with Crippen LogP contribution in [0.25, 0.3) is 17.4 Å². The largest absolute Gasteiger partial charge is 0.457 e. The molecule has 1 fully saturated rings. The number of hydrogen-bond acceptors (Lipinski definition) is 4. The van der Waals surface area contributed by atoms with Gasteiger partial charge in [0.15, 0.2) is 5.11 Å². The lowest BCUT2D eigenvalue weighted by atomic mass is 10.1. The Bertz CT molecular complexity index is 1210. The molecular weight excluding hydrogens is 464 g/mol. The quantitative estimate of drug-likeness (QED) is 0.319. The summed E-state index contributed by atoms with van der Waals surface area (Å²) in [6.45, 7) is 3.87. The Balaban J connectivity index is 1.68. The second kappa shape index (κ2) is 8.01. The van der Waals surface area contributed by atoms with Gasteiger partial charge < -0.3 is 4.42 Å². The summed E-state index contributed by atoms with van der Waals surface area (Å²) in [7, 11) is 0. The van der Waals surface area contributed by atoms with E-state index in [4.69, 9.17) is 16.6 Å². The predicted octanol–water partition coefficient (Wildman–Crippen LogP) is 5.16. The second-order valence-electron chi connectivity index (χ2n) is 6.96. The summed E-state index contributed by atoms with van der Waals surface area (Å²) >= 11 is 8.67. The first kappa shape index (κ1) is 20.3. The van der Waals surface area contributed by atoms with Crippen molar-refractivity contribution in [3.05, 3.63) is 81.5 Å². The van der Waals surface area contributed by atoms with Gasteiger partial charge in [-0.3, -0.25) is 19.8 Å². The van der Waals surface area contributed by atoms with E-state index in [1.165, 1.54) is 11.0 Å². The summed E-state index contributed by atoms with van der Waals surface area (Å²) in [5.41, 5.74) is 3.44. The van der Waals surface area contributed by atoms with Crippen LogP contribution in [0.1, 0.15) is 16.9 Å². The highest BCUT2D eigenvalue weighted by Gasteiger charge is 2.35. The molecule has 0 bridgehead atoms. The molecule has 0 atom stereocenters. The van der Waals surface area contributed by atoms with E-state index in [0.29, 0.717) is 17.2 Å². The van der Waals surface area contributed by atoms with Gasteiger partial charge in [0.2, 0.25) is 0 Å². The molecule has 5 nitrogen and oxygen atoms in total. The number of amides is 2. The number of benzene rings is 2. The lowest BCUT2D eigenvalue weighted by Gasteiger charge is -2.30. The van der Waals surface area contributed by atoms with Gasteiger partial charge in [0.1, 0.15) is 17.1 Å². The molecule has 30 heavy (non-hydrogen) atoms. The van der Waals surface area contributed by atoms with E-state index >= 15 is 0 Å². The Morgan fingerprint density at radius 1 is 1.03 bits per heavy atom. The third kappa shape index (κ3) is 3.86. The molecule has 0 radical (unpaired) electrons. The summed E-state index contributed by atoms with van der Waals surface area (Å²) < 4.78 is 6.81. The topological polar surface area (TPSA) is 62.6 Å². The van der Waals surface area contributed by atoms with Crippen molar-refractivity contribution in [3.8, 4) is 11.3 Å². The molecule has 0 aliphatic carbocycles. The number of hydrogen-bond donors (Lipinski definition) is 1. The first-order valence-corrected chi connectivity index (χ1v) is 10.4. The van der Waals surface area contributed by atoms with Gasteiger partial charge in [-0.1, -0.05) is 45.8 Å². The maximum Gasteiger partial charge on any atom is 0.270 e. The SMILES string of the molecule is Cc1ccc(N2C(=O)/C(=C\c3ccc(-c4ccc(Br)cc4)o3)C(=O)NC2=S)c(C)c1. The molecule has 2 amide bonds. The van der Waals surface area contributed by atoms with Crippen LogP contribution in [0.2, 0.25) is 0 Å². The van der Waals surface area contributed by atoms with E-state index < -0.39 is 11.8 Å². The van der Waals surface area contributed by atoms with Gasteiger partial charge in [0.25, 0.3) is 11.8 Å². The molecule has 0 saturated carbocycles. The molecule has 2 heterocycles. The maximum absolute atomic E-state index is 13.2. The zero-order chi connectivity index (χ0) is 21.4. The normalized spacial score (nSPS) is 15.6. The summed E-state index contributed by atoms with van der Waals surface area (Å²) in [5.74, 6) is 0.00416. The molecule has 1 saturated heterocycles. The van der Waals surface area contributed by atoms with Crippen molar-refractivity contribution in [1.29, 1.82) is 0 Å². The third-order valence-electron chi connectivity index (χ3n) is 4.74. The molecule has 1 aromatic heterocycles. The van der Waals surface area contributed by atoms with Crippen LogP contribution in [-0.2, 0) is 9.59 Å². The molecule has 0 unspecified atom stereocenters. The van der Waals surface area contributed by atoms with Crippen LogP contribution in [0.5, 0.6) is 0 Å². The number of aryl methyl sites for hydroxylation is 2. The van der Waals surface area contributed by atoms with Crippen molar-refractivity contribution in [2.24, 2.45) is 0 Å². The Morgan fingerprint density at radius 3 is 2.47 bits per heavy atom. The van der Waals surface area contributed by atoms with E-state index in [1.54, 1.807) is 12.1 Å². The van der Waals surface area contributed by atoms with Gasteiger partial charge in [-0.05, 0) is 68.0 Å². The zero-order valence-corrected chi connectivity index (χ0v) is 18.6. The van der Waals surface area contributed by atoms with Gasteiger partial charge in [0, 0.05) is 10.0 Å². The Hall–Kier alpha value is -3.03. The number of rotatable bonds is 3. The molecule has 1 aliphatic heterocycles. The number of nitrogens with one attached hydrogen (secondary N) is 1. The minimum atomic E-state index is -0.549. The minimum absolute atomic E-state index is 0.0414. The molecule has 4 rings (SSSR count). The average molecular weight is 481 g/mol. The number of anilines is 1. The number of nitrogens with zero attached hydrogens (tertiary/aromatic N) is 1. The molecule has 1 aliphatic rings. The van der Waals surface area contributed by atoms with Crippen molar-refractivity contribution in [3.63, 3.8) is 0 Å². The van der Waals surface area contributed by atoms with E-state index in [9.17, 15) is 9.59 Å². The second-order valence-corrected chi connectivity index (χ2v) is 8.26. The van der Waals surface area contributed by atoms with Gasteiger partial charge in [0.05, 0.1) is 5.69 Å². The van der Waals surface area contributed by atoms with Crippen LogP contribution in [0, 0.1) is 13.8 Å². The number of carbonyl (C=O) groups excluding carboxylic acids is 2. The molecule has 2 aromatic carbocycles. The minimum Gasteiger partial charge on any atom is -0.457 e. The first-order valence-electron chi connectivity index (χ1n) is 9.18. The fourth-order valence-corrected chi connectivity index (χ4v) is 3.81. The van der Waals surface area contributed by atoms with Crippen LogP contribution in [-0.4, -0.2) is 16.9 Å². The molecule has 0 spiro atoms. The maximum atomic E-state index is 13.2. The smallest absolute Gasteiger partial charge is 0.270 e. The summed E-state index contributed by atoms with van der Waals surface area (Å²) in [4.78, 5) is 27.0. The van der Waals surface area contributed by atoms with Crippen LogP contribution < -0.4 is 10.2 Å². The van der Waals surface area contributed by atoms with Gasteiger partial charge in [-0.25, -0.2) is 0 Å². The van der Waals surface area contributed by atoms with Crippen molar-refractivity contribution in [2.75, 3.05) is 4.90 Å². The average Bonchev–Trinajstić information content (AvgIpc) is 3.16. The van der Waals surface area contributed by atoms with Crippen molar-refractivity contribution in [2.45, 2.75) is 13.8 Å². The van der Waals surface area contributed by atoms with E-state index in [-0.39, 0.29) is 10.7 Å². The first-order chi connectivity index (χ1) is 14.3. The van der Waals surface area contributed by atoms with E-state index in [2.05, 4.69) is 21.2 Å². The zero-order valence-electron chi connectivity index (χ0n) is 16.2. The third-order valence-corrected chi connectivity index (χ3v) is 5.55. The highest BCUT2D eigenvalue weighted by atomic mass is 79.9. The summed E-state index contributed by atoms with van der Waals surface area (Å²) in [5, 5.41) is 2.66. The van der Waals surface area contributed by atoms with E-state index in [1.807, 2.05) is 56.3 Å². The fourth-order valence-electron chi connectivity index (χ4n) is 3.27. The molecule has 3 aromatic rings. The van der Waals surface area contributed by atoms with Crippen LogP contribution in [0.3, 0.4) is 0 Å². The number of thiocarbonyl (C=S) groups is 1. The number of carbonyl (C=O) groups is 2. The predicted molar refractivity (Wildman–Crippen MR) is 124 cm³/mol. The van der Waals surface area contributed by atoms with Crippen molar-refractivity contribution < 1.29 is 14.0 Å². The molecule has 1 N–H and O–H groups in total. The van der Waals surface area contributed by atoms with Gasteiger partial charge >= 0.3 is 0 Å². The number of halogens is 1. The van der Waals surface area contributed by atoms with Crippen molar-refractivity contribution in [1.82, 2.24) is 5.32 Å². The fraction of sp³-hybridized carbons (Fsp3) is 0.0870. The number of furan rings is 1. The van der Waals surface area contributed by atoms with Crippen molar-refractivity contribution >= 4 is 56.8 Å². The lowest BCUT2D eigenvalue weighted by Crippen LogP contribution is -2.54. The van der Waals surface area contributed by atoms with Crippen LogP contribution in [0.15, 0.2) is 69.1 Å². The Morgan fingerprint density at radius 2 is 1.77 bits per heavy atom.